The van der Waals surface area contributed by atoms with Crippen molar-refractivity contribution < 1.29 is 9.47 Å². The molecule has 7 nitrogen and oxygen atoms in total. The highest BCUT2D eigenvalue weighted by Crippen LogP contribution is 2.35. The van der Waals surface area contributed by atoms with Gasteiger partial charge in [0.05, 0.1) is 24.5 Å². The maximum Gasteiger partial charge on any atom is 0.156 e. The number of hydrogen-bond acceptors (Lipinski definition) is 7. The largest absolute Gasteiger partial charge is 0.495 e. The Kier molecular flexibility index (Phi) is 5.42. The SMILES string of the molecule is COc1cnc2c(Oc3ccc(Nc4nnc(-c5ccccc5)c5c4CCC5)cc3)ccnc2c1. The number of methoxy groups -OCH3 is 1. The zero-order chi connectivity index (χ0) is 23.6. The maximum absolute atomic E-state index is 6.11. The van der Waals surface area contributed by atoms with E-state index in [1.54, 1.807) is 25.6 Å². The molecule has 0 aliphatic heterocycles. The van der Waals surface area contributed by atoms with E-state index in [9.17, 15) is 0 Å². The molecule has 1 aliphatic rings. The molecule has 0 spiro atoms. The van der Waals surface area contributed by atoms with E-state index in [-0.39, 0.29) is 0 Å². The van der Waals surface area contributed by atoms with Crippen molar-refractivity contribution in [3.63, 3.8) is 0 Å². The minimum Gasteiger partial charge on any atom is -0.495 e. The van der Waals surface area contributed by atoms with Gasteiger partial charge in [-0.15, -0.1) is 10.2 Å². The Hall–Kier alpha value is -4.52. The molecule has 3 heterocycles. The first-order valence-corrected chi connectivity index (χ1v) is 11.6. The summed E-state index contributed by atoms with van der Waals surface area (Å²) in [5, 5.41) is 12.6. The van der Waals surface area contributed by atoms with E-state index in [4.69, 9.17) is 9.47 Å². The molecule has 0 saturated carbocycles. The molecule has 2 aromatic carbocycles. The van der Waals surface area contributed by atoms with Gasteiger partial charge in [-0.25, -0.2) is 4.98 Å². The van der Waals surface area contributed by atoms with Crippen LogP contribution in [0.1, 0.15) is 17.5 Å². The van der Waals surface area contributed by atoms with E-state index in [0.29, 0.717) is 28.3 Å². The first kappa shape index (κ1) is 21.0. The number of hydrogen-bond donors (Lipinski definition) is 1. The Labute approximate surface area is 202 Å². The van der Waals surface area contributed by atoms with Crippen LogP contribution in [-0.2, 0) is 12.8 Å². The van der Waals surface area contributed by atoms with Crippen LogP contribution in [0.25, 0.3) is 22.3 Å². The summed E-state index contributed by atoms with van der Waals surface area (Å²) in [4.78, 5) is 8.81. The van der Waals surface area contributed by atoms with Crippen molar-refractivity contribution in [2.45, 2.75) is 19.3 Å². The summed E-state index contributed by atoms with van der Waals surface area (Å²) in [5.41, 5.74) is 6.97. The molecule has 0 unspecified atom stereocenters. The molecular formula is C28H23N5O2. The second-order valence-electron chi connectivity index (χ2n) is 8.38. The third-order valence-corrected chi connectivity index (χ3v) is 6.18. The molecule has 0 fully saturated rings. The topological polar surface area (TPSA) is 82.0 Å². The first-order chi connectivity index (χ1) is 17.3. The fourth-order valence-corrected chi connectivity index (χ4v) is 4.47. The van der Waals surface area contributed by atoms with Crippen LogP contribution in [0.2, 0.25) is 0 Å². The van der Waals surface area contributed by atoms with E-state index in [1.165, 1.54) is 11.1 Å². The zero-order valence-electron chi connectivity index (χ0n) is 19.2. The van der Waals surface area contributed by atoms with Gasteiger partial charge in [-0.2, -0.15) is 0 Å². The van der Waals surface area contributed by atoms with Gasteiger partial charge in [0.15, 0.2) is 11.6 Å². The molecule has 0 amide bonds. The molecule has 35 heavy (non-hydrogen) atoms. The summed E-state index contributed by atoms with van der Waals surface area (Å²) in [5.74, 6) is 2.82. The highest BCUT2D eigenvalue weighted by molar-refractivity contribution is 5.81. The van der Waals surface area contributed by atoms with Crippen molar-refractivity contribution in [2.24, 2.45) is 0 Å². The van der Waals surface area contributed by atoms with Crippen molar-refractivity contribution in [3.05, 3.63) is 90.3 Å². The third kappa shape index (κ3) is 4.12. The van der Waals surface area contributed by atoms with Crippen LogP contribution in [0.15, 0.2) is 79.1 Å². The Bertz CT molecular complexity index is 1500. The van der Waals surface area contributed by atoms with Gasteiger partial charge in [0, 0.05) is 35.1 Å². The van der Waals surface area contributed by atoms with Crippen LogP contribution < -0.4 is 14.8 Å². The molecule has 1 N–H and O–H groups in total. The Balaban J connectivity index is 1.23. The van der Waals surface area contributed by atoms with Crippen molar-refractivity contribution in [1.29, 1.82) is 0 Å². The monoisotopic (exact) mass is 461 g/mol. The van der Waals surface area contributed by atoms with E-state index < -0.39 is 0 Å². The summed E-state index contributed by atoms with van der Waals surface area (Å²) in [6, 6.07) is 21.7. The lowest BCUT2D eigenvalue weighted by molar-refractivity contribution is 0.413. The normalized spacial score (nSPS) is 12.4. The number of fused-ring (bicyclic) bond motifs is 2. The number of anilines is 2. The highest BCUT2D eigenvalue weighted by Gasteiger charge is 2.22. The second-order valence-corrected chi connectivity index (χ2v) is 8.38. The summed E-state index contributed by atoms with van der Waals surface area (Å²) in [7, 11) is 1.61. The third-order valence-electron chi connectivity index (χ3n) is 6.18. The maximum atomic E-state index is 6.11. The molecular weight excluding hydrogens is 438 g/mol. The summed E-state index contributed by atoms with van der Waals surface area (Å²) < 4.78 is 11.3. The lowest BCUT2D eigenvalue weighted by atomic mass is 10.0. The Morgan fingerprint density at radius 2 is 1.66 bits per heavy atom. The van der Waals surface area contributed by atoms with Gasteiger partial charge in [0.2, 0.25) is 0 Å². The molecule has 3 aromatic heterocycles. The molecule has 0 radical (unpaired) electrons. The number of rotatable bonds is 6. The quantitative estimate of drug-likeness (QED) is 0.326. The lowest BCUT2D eigenvalue weighted by Gasteiger charge is -2.13. The average molecular weight is 462 g/mol. The molecule has 6 rings (SSSR count). The average Bonchev–Trinajstić information content (AvgIpc) is 3.41. The van der Waals surface area contributed by atoms with Crippen LogP contribution in [-0.4, -0.2) is 27.3 Å². The predicted octanol–water partition coefficient (Wildman–Crippen LogP) is 6.12. The van der Waals surface area contributed by atoms with E-state index in [2.05, 4.69) is 37.6 Å². The number of pyridine rings is 2. The Morgan fingerprint density at radius 3 is 2.49 bits per heavy atom. The lowest BCUT2D eigenvalue weighted by Crippen LogP contribution is -2.03. The Morgan fingerprint density at radius 1 is 0.829 bits per heavy atom. The number of benzene rings is 2. The van der Waals surface area contributed by atoms with Gasteiger partial charge >= 0.3 is 0 Å². The first-order valence-electron chi connectivity index (χ1n) is 11.6. The molecule has 1 aliphatic carbocycles. The summed E-state index contributed by atoms with van der Waals surface area (Å²) in [6.45, 7) is 0. The number of ether oxygens (including phenoxy) is 2. The fourth-order valence-electron chi connectivity index (χ4n) is 4.47. The molecule has 0 bridgehead atoms. The smallest absolute Gasteiger partial charge is 0.156 e. The zero-order valence-corrected chi connectivity index (χ0v) is 19.2. The molecule has 7 heteroatoms. The van der Waals surface area contributed by atoms with Crippen LogP contribution >= 0.6 is 0 Å². The number of aromatic nitrogens is 4. The molecule has 0 saturated heterocycles. The fraction of sp³-hybridized carbons (Fsp3) is 0.143. The van der Waals surface area contributed by atoms with Crippen LogP contribution in [0, 0.1) is 0 Å². The van der Waals surface area contributed by atoms with Gasteiger partial charge in [0.25, 0.3) is 0 Å². The van der Waals surface area contributed by atoms with Gasteiger partial charge in [-0.3, -0.25) is 4.98 Å². The molecule has 5 aromatic rings. The minimum atomic E-state index is 0.638. The summed E-state index contributed by atoms with van der Waals surface area (Å²) >= 11 is 0. The standard InChI is InChI=1S/C28H23N5O2/c1-34-21-16-24-27(30-17-21)25(14-15-29-24)35-20-12-10-19(11-13-20)31-28-23-9-5-8-22(23)26(32-33-28)18-6-3-2-4-7-18/h2-4,6-7,10-17H,5,8-9H2,1H3,(H,31,33). The molecule has 172 valence electrons. The second kappa shape index (κ2) is 9.02. The van der Waals surface area contributed by atoms with Gasteiger partial charge in [-0.05, 0) is 49.1 Å². The number of nitrogens with one attached hydrogen (secondary N) is 1. The van der Waals surface area contributed by atoms with Crippen LogP contribution in [0.4, 0.5) is 11.5 Å². The summed E-state index contributed by atoms with van der Waals surface area (Å²) in [6.07, 6.45) is 6.50. The van der Waals surface area contributed by atoms with Crippen LogP contribution in [0.3, 0.4) is 0 Å². The van der Waals surface area contributed by atoms with Gasteiger partial charge in [-0.1, -0.05) is 30.3 Å². The van der Waals surface area contributed by atoms with Crippen molar-refractivity contribution in [3.8, 4) is 28.5 Å². The van der Waals surface area contributed by atoms with Crippen LogP contribution in [0.5, 0.6) is 17.2 Å². The van der Waals surface area contributed by atoms with Crippen molar-refractivity contribution in [1.82, 2.24) is 20.2 Å². The van der Waals surface area contributed by atoms with Crippen molar-refractivity contribution >= 4 is 22.5 Å². The van der Waals surface area contributed by atoms with E-state index >= 15 is 0 Å². The highest BCUT2D eigenvalue weighted by atomic mass is 16.5. The van der Waals surface area contributed by atoms with Crippen molar-refractivity contribution in [2.75, 3.05) is 12.4 Å². The van der Waals surface area contributed by atoms with Gasteiger partial charge < -0.3 is 14.8 Å². The minimum absolute atomic E-state index is 0.638. The predicted molar refractivity (Wildman–Crippen MR) is 135 cm³/mol. The van der Waals surface area contributed by atoms with Gasteiger partial charge in [0.1, 0.15) is 17.0 Å². The number of nitrogens with zero attached hydrogens (tertiary/aromatic N) is 4. The molecule has 0 atom stereocenters. The van der Waals surface area contributed by atoms with E-state index in [0.717, 1.165) is 42.0 Å². The van der Waals surface area contributed by atoms with E-state index in [1.807, 2.05) is 48.5 Å².